The normalized spacial score (nSPS) is 14.1. The number of nitrogens with zero attached hydrogens (tertiary/aromatic N) is 4. The van der Waals surface area contributed by atoms with Crippen molar-refractivity contribution in [3.05, 3.63) is 108 Å². The van der Waals surface area contributed by atoms with E-state index in [9.17, 15) is 0 Å². The van der Waals surface area contributed by atoms with E-state index in [1.54, 1.807) is 0 Å². The van der Waals surface area contributed by atoms with E-state index in [2.05, 4.69) is 85.1 Å². The van der Waals surface area contributed by atoms with Crippen molar-refractivity contribution in [2.75, 3.05) is 0 Å². The van der Waals surface area contributed by atoms with Gasteiger partial charge in [-0.05, 0) is 34.4 Å². The molecule has 0 saturated carbocycles. The molecule has 0 fully saturated rings. The van der Waals surface area contributed by atoms with Gasteiger partial charge in [-0.15, -0.1) is 0 Å². The number of hydrogen-bond donors (Lipinski definition) is 0. The lowest BCUT2D eigenvalue weighted by molar-refractivity contribution is 0.663. The minimum atomic E-state index is -0.169. The minimum Gasteiger partial charge on any atom is -0.275 e. The molecule has 3 aromatic heterocycles. The van der Waals surface area contributed by atoms with E-state index in [4.69, 9.17) is 15.0 Å². The first-order valence-electron chi connectivity index (χ1n) is 12.3. The first-order valence-corrected chi connectivity index (χ1v) is 12.3. The summed E-state index contributed by atoms with van der Waals surface area (Å²) in [5.41, 5.74) is 9.20. The predicted molar refractivity (Wildman–Crippen MR) is 147 cm³/mol. The second-order valence-corrected chi connectivity index (χ2v) is 10.2. The van der Waals surface area contributed by atoms with Crippen molar-refractivity contribution < 1.29 is 0 Å². The van der Waals surface area contributed by atoms with Crippen LogP contribution in [0.25, 0.3) is 60.7 Å². The highest BCUT2D eigenvalue weighted by Crippen LogP contribution is 2.53. The van der Waals surface area contributed by atoms with E-state index in [-0.39, 0.29) is 5.41 Å². The number of pyridine rings is 1. The van der Waals surface area contributed by atoms with Gasteiger partial charge in [0.15, 0.2) is 0 Å². The summed E-state index contributed by atoms with van der Waals surface area (Å²) in [6, 6.07) is 30.0. The van der Waals surface area contributed by atoms with Crippen LogP contribution in [0.1, 0.15) is 25.0 Å². The molecular formula is C32H22N4. The molecule has 1 aliphatic carbocycles. The Morgan fingerprint density at radius 2 is 1.44 bits per heavy atom. The van der Waals surface area contributed by atoms with Crippen molar-refractivity contribution in [1.29, 1.82) is 0 Å². The molecule has 36 heavy (non-hydrogen) atoms. The van der Waals surface area contributed by atoms with E-state index >= 15 is 0 Å². The minimum absolute atomic E-state index is 0.169. The third-order valence-corrected chi connectivity index (χ3v) is 7.86. The van der Waals surface area contributed by atoms with E-state index in [1.807, 2.05) is 30.6 Å². The molecule has 0 bridgehead atoms. The maximum atomic E-state index is 5.07. The van der Waals surface area contributed by atoms with Gasteiger partial charge in [-0.3, -0.25) is 9.55 Å². The third kappa shape index (κ3) is 2.41. The van der Waals surface area contributed by atoms with Crippen LogP contribution in [0.5, 0.6) is 0 Å². The quantitative estimate of drug-likeness (QED) is 0.253. The summed E-state index contributed by atoms with van der Waals surface area (Å²) in [6.07, 6.45) is 3.80. The largest absolute Gasteiger partial charge is 0.275 e. The van der Waals surface area contributed by atoms with Crippen molar-refractivity contribution in [2.24, 2.45) is 0 Å². The summed E-state index contributed by atoms with van der Waals surface area (Å²) in [4.78, 5) is 14.8. The lowest BCUT2D eigenvalue weighted by Gasteiger charge is -2.23. The molecule has 0 radical (unpaired) electrons. The molecule has 0 atom stereocenters. The molecule has 4 heteroatoms. The Hall–Kier alpha value is -4.57. The zero-order valence-electron chi connectivity index (χ0n) is 20.0. The second kappa shape index (κ2) is 6.76. The van der Waals surface area contributed by atoms with Crippen molar-refractivity contribution in [1.82, 2.24) is 19.5 Å². The van der Waals surface area contributed by atoms with Crippen molar-refractivity contribution >= 4 is 43.6 Å². The van der Waals surface area contributed by atoms with Gasteiger partial charge in [0.25, 0.3) is 0 Å². The molecule has 0 spiro atoms. The van der Waals surface area contributed by atoms with Crippen LogP contribution in [0.3, 0.4) is 0 Å². The molecule has 0 aliphatic heterocycles. The fourth-order valence-electron chi connectivity index (χ4n) is 6.25. The Morgan fingerprint density at radius 3 is 2.39 bits per heavy atom. The van der Waals surface area contributed by atoms with Gasteiger partial charge in [0.05, 0.1) is 22.1 Å². The van der Waals surface area contributed by atoms with E-state index in [0.29, 0.717) is 5.95 Å². The van der Waals surface area contributed by atoms with Crippen LogP contribution in [-0.4, -0.2) is 19.5 Å². The number of aromatic nitrogens is 4. The van der Waals surface area contributed by atoms with E-state index in [1.165, 1.54) is 33.0 Å². The van der Waals surface area contributed by atoms with E-state index in [0.717, 1.165) is 32.8 Å². The maximum absolute atomic E-state index is 5.07. The van der Waals surface area contributed by atoms with Crippen LogP contribution in [0.15, 0.2) is 97.3 Å². The van der Waals surface area contributed by atoms with E-state index < -0.39 is 0 Å². The smallest absolute Gasteiger partial charge is 0.235 e. The maximum Gasteiger partial charge on any atom is 0.235 e. The number of hydrogen-bond acceptors (Lipinski definition) is 3. The number of benzene rings is 4. The molecule has 8 rings (SSSR count). The highest BCUT2D eigenvalue weighted by molar-refractivity contribution is 6.19. The predicted octanol–water partition coefficient (Wildman–Crippen LogP) is 7.58. The molecule has 3 heterocycles. The summed E-state index contributed by atoms with van der Waals surface area (Å²) in [7, 11) is 0. The van der Waals surface area contributed by atoms with Crippen LogP contribution in [-0.2, 0) is 5.41 Å². The van der Waals surface area contributed by atoms with Crippen LogP contribution in [0.4, 0.5) is 0 Å². The average molecular weight is 463 g/mol. The SMILES string of the molecule is CC1(C)c2ccccc2-c2ccc3c4ccc5cccnc5c4n(-c4ncc5ccccc5n4)c3c21. The molecule has 4 nitrogen and oxygen atoms in total. The van der Waals surface area contributed by atoms with Gasteiger partial charge < -0.3 is 0 Å². The number of para-hydroxylation sites is 1. The summed E-state index contributed by atoms with van der Waals surface area (Å²) >= 11 is 0. The Bertz CT molecular complexity index is 2030. The van der Waals surface area contributed by atoms with Crippen molar-refractivity contribution in [3.63, 3.8) is 0 Å². The van der Waals surface area contributed by atoms with Gasteiger partial charge >= 0.3 is 0 Å². The zero-order chi connectivity index (χ0) is 24.0. The summed E-state index contributed by atoms with van der Waals surface area (Å²) in [5, 5.41) is 4.51. The second-order valence-electron chi connectivity index (χ2n) is 10.2. The standard InChI is InChI=1S/C32H22N4/c1-32(2)25-11-5-4-10-21(25)22-15-16-23-24-14-13-19-9-7-17-33-28(19)30(24)36(29(23)27(22)32)31-34-18-20-8-3-6-12-26(20)35-31/h3-18H,1-2H3. The molecule has 170 valence electrons. The van der Waals surface area contributed by atoms with Gasteiger partial charge in [-0.2, -0.15) is 0 Å². The average Bonchev–Trinajstić information content (AvgIpc) is 3.38. The summed E-state index contributed by atoms with van der Waals surface area (Å²) < 4.78 is 2.26. The molecule has 4 aromatic carbocycles. The monoisotopic (exact) mass is 462 g/mol. The van der Waals surface area contributed by atoms with Crippen molar-refractivity contribution in [3.8, 4) is 17.1 Å². The van der Waals surface area contributed by atoms with Gasteiger partial charge in [0.1, 0.15) is 0 Å². The topological polar surface area (TPSA) is 43.6 Å². The first kappa shape index (κ1) is 19.7. The lowest BCUT2D eigenvalue weighted by atomic mass is 9.81. The van der Waals surface area contributed by atoms with Crippen LogP contribution >= 0.6 is 0 Å². The Morgan fingerprint density at radius 1 is 0.667 bits per heavy atom. The fourth-order valence-corrected chi connectivity index (χ4v) is 6.25. The molecule has 0 N–H and O–H groups in total. The van der Waals surface area contributed by atoms with Gasteiger partial charge in [0, 0.05) is 39.4 Å². The zero-order valence-corrected chi connectivity index (χ0v) is 20.0. The molecule has 1 aliphatic rings. The van der Waals surface area contributed by atoms with Crippen LogP contribution in [0.2, 0.25) is 0 Å². The molecule has 0 saturated heterocycles. The molecule has 7 aromatic rings. The lowest BCUT2D eigenvalue weighted by Crippen LogP contribution is -2.17. The van der Waals surface area contributed by atoms with Crippen LogP contribution < -0.4 is 0 Å². The number of rotatable bonds is 1. The number of fused-ring (bicyclic) bond motifs is 10. The van der Waals surface area contributed by atoms with Crippen LogP contribution in [0, 0.1) is 0 Å². The summed E-state index contributed by atoms with van der Waals surface area (Å²) in [5.74, 6) is 0.673. The molecule has 0 unspecified atom stereocenters. The molecule has 0 amide bonds. The van der Waals surface area contributed by atoms with Gasteiger partial charge in [-0.25, -0.2) is 9.97 Å². The summed E-state index contributed by atoms with van der Waals surface area (Å²) in [6.45, 7) is 4.66. The molecular weight excluding hydrogens is 440 g/mol. The Kier molecular flexibility index (Phi) is 3.70. The highest BCUT2D eigenvalue weighted by Gasteiger charge is 2.38. The van der Waals surface area contributed by atoms with Gasteiger partial charge in [-0.1, -0.05) is 86.6 Å². The van der Waals surface area contributed by atoms with Crippen molar-refractivity contribution in [2.45, 2.75) is 19.3 Å². The Balaban J connectivity index is 1.62. The highest BCUT2D eigenvalue weighted by atomic mass is 15.2. The van der Waals surface area contributed by atoms with Gasteiger partial charge in [0.2, 0.25) is 5.95 Å². The third-order valence-electron chi connectivity index (χ3n) is 7.86. The first-order chi connectivity index (χ1) is 17.6. The Labute approximate surface area is 207 Å². The fraction of sp³-hybridized carbons (Fsp3) is 0.0938.